The zero-order valence-electron chi connectivity index (χ0n) is 14.1. The number of hydrogen-bond donors (Lipinski definition) is 1. The summed E-state index contributed by atoms with van der Waals surface area (Å²) >= 11 is 0. The molecule has 0 aromatic rings. The fourth-order valence-corrected chi connectivity index (χ4v) is 2.34. The van der Waals surface area contributed by atoms with Gasteiger partial charge in [0.25, 0.3) is 0 Å². The molecular weight excluding hydrogens is 256 g/mol. The highest BCUT2D eigenvalue weighted by Crippen LogP contribution is 2.34. The third-order valence-corrected chi connectivity index (χ3v) is 3.52. The van der Waals surface area contributed by atoms with Crippen molar-refractivity contribution in [1.29, 1.82) is 0 Å². The zero-order chi connectivity index (χ0) is 15.9. The van der Waals surface area contributed by atoms with Crippen molar-refractivity contribution in [2.75, 3.05) is 6.61 Å². The first kappa shape index (κ1) is 17.2. The van der Waals surface area contributed by atoms with Crippen LogP contribution in [0.2, 0.25) is 0 Å². The molecule has 1 rings (SSSR count). The molecule has 1 saturated heterocycles. The third kappa shape index (κ3) is 3.85. The lowest BCUT2D eigenvalue weighted by Gasteiger charge is -2.40. The Balaban J connectivity index is 3.00. The van der Waals surface area contributed by atoms with Crippen molar-refractivity contribution in [3.05, 3.63) is 0 Å². The summed E-state index contributed by atoms with van der Waals surface area (Å²) < 4.78 is 11.3. The number of amides is 1. The van der Waals surface area contributed by atoms with Crippen LogP contribution >= 0.6 is 0 Å². The van der Waals surface area contributed by atoms with Gasteiger partial charge in [0, 0.05) is 6.04 Å². The normalized spacial score (nSPS) is 24.6. The van der Waals surface area contributed by atoms with Gasteiger partial charge in [0.15, 0.2) is 0 Å². The number of carbonyl (C=O) groups is 1. The van der Waals surface area contributed by atoms with Crippen molar-refractivity contribution in [3.8, 4) is 0 Å². The highest BCUT2D eigenvalue weighted by molar-refractivity contribution is 5.70. The van der Waals surface area contributed by atoms with Gasteiger partial charge in [-0.15, -0.1) is 0 Å². The molecule has 1 fully saturated rings. The second-order valence-electron chi connectivity index (χ2n) is 8.07. The van der Waals surface area contributed by atoms with Gasteiger partial charge in [-0.1, -0.05) is 20.8 Å². The van der Waals surface area contributed by atoms with E-state index in [-0.39, 0.29) is 23.6 Å². The Morgan fingerprint density at radius 2 is 1.80 bits per heavy atom. The molecule has 0 saturated carbocycles. The molecule has 0 radical (unpaired) electrons. The second-order valence-corrected chi connectivity index (χ2v) is 8.07. The number of ether oxygens (including phenoxy) is 2. The number of carbonyl (C=O) groups excluding carboxylic acids is 1. The molecule has 1 aliphatic rings. The first-order valence-electron chi connectivity index (χ1n) is 7.17. The van der Waals surface area contributed by atoms with Gasteiger partial charge in [-0.3, -0.25) is 4.90 Å². The standard InChI is InChI=1S/C15H30N2O3/c1-13(2,3)11(16)10-9-19-15(7,8)17(10)12(18)20-14(4,5)6/h10-11H,9,16H2,1-8H3/t10-,11-/m1/s1. The molecule has 0 bridgehead atoms. The summed E-state index contributed by atoms with van der Waals surface area (Å²) in [5.74, 6) is 0. The zero-order valence-corrected chi connectivity index (χ0v) is 14.1. The minimum atomic E-state index is -0.699. The van der Waals surface area contributed by atoms with E-state index in [1.54, 1.807) is 4.90 Å². The first-order chi connectivity index (χ1) is 8.76. The molecule has 0 aliphatic carbocycles. The molecule has 0 spiro atoms. The Hall–Kier alpha value is -0.810. The van der Waals surface area contributed by atoms with Crippen LogP contribution < -0.4 is 5.73 Å². The largest absolute Gasteiger partial charge is 0.444 e. The number of rotatable bonds is 1. The summed E-state index contributed by atoms with van der Waals surface area (Å²) in [5, 5.41) is 0. The van der Waals surface area contributed by atoms with Gasteiger partial charge >= 0.3 is 6.09 Å². The van der Waals surface area contributed by atoms with E-state index < -0.39 is 11.3 Å². The topological polar surface area (TPSA) is 64.8 Å². The van der Waals surface area contributed by atoms with E-state index in [1.165, 1.54) is 0 Å². The Kier molecular flexibility index (Phi) is 4.47. The molecular formula is C15H30N2O3. The van der Waals surface area contributed by atoms with Crippen LogP contribution in [0.25, 0.3) is 0 Å². The van der Waals surface area contributed by atoms with Gasteiger partial charge in [-0.05, 0) is 40.0 Å². The van der Waals surface area contributed by atoms with E-state index in [1.807, 2.05) is 34.6 Å². The van der Waals surface area contributed by atoms with Crippen LogP contribution in [-0.2, 0) is 9.47 Å². The molecule has 1 amide bonds. The van der Waals surface area contributed by atoms with E-state index in [2.05, 4.69) is 20.8 Å². The molecule has 5 heteroatoms. The fraction of sp³-hybridized carbons (Fsp3) is 0.933. The predicted octanol–water partition coefficient (Wildman–Crippen LogP) is 2.73. The molecule has 1 heterocycles. The third-order valence-electron chi connectivity index (χ3n) is 3.52. The van der Waals surface area contributed by atoms with Gasteiger partial charge < -0.3 is 15.2 Å². The lowest BCUT2D eigenvalue weighted by molar-refractivity contribution is -0.0643. The van der Waals surface area contributed by atoms with Crippen LogP contribution in [0, 0.1) is 5.41 Å². The van der Waals surface area contributed by atoms with E-state index in [9.17, 15) is 4.79 Å². The number of hydrogen-bond acceptors (Lipinski definition) is 4. The highest BCUT2D eigenvalue weighted by Gasteiger charge is 2.49. The van der Waals surface area contributed by atoms with E-state index in [0.29, 0.717) is 6.61 Å². The monoisotopic (exact) mass is 286 g/mol. The van der Waals surface area contributed by atoms with Gasteiger partial charge in [0.2, 0.25) is 0 Å². The van der Waals surface area contributed by atoms with E-state index in [4.69, 9.17) is 15.2 Å². The average Bonchev–Trinajstić information content (AvgIpc) is 2.48. The van der Waals surface area contributed by atoms with Crippen molar-refractivity contribution < 1.29 is 14.3 Å². The van der Waals surface area contributed by atoms with Crippen LogP contribution in [0.15, 0.2) is 0 Å². The van der Waals surface area contributed by atoms with Gasteiger partial charge in [0.1, 0.15) is 11.3 Å². The summed E-state index contributed by atoms with van der Waals surface area (Å²) in [7, 11) is 0. The molecule has 2 atom stereocenters. The van der Waals surface area contributed by atoms with Gasteiger partial charge in [-0.2, -0.15) is 0 Å². The van der Waals surface area contributed by atoms with Crippen molar-refractivity contribution in [3.63, 3.8) is 0 Å². The van der Waals surface area contributed by atoms with Crippen LogP contribution in [0.1, 0.15) is 55.4 Å². The molecule has 2 N–H and O–H groups in total. The Morgan fingerprint density at radius 1 is 1.30 bits per heavy atom. The fourth-order valence-electron chi connectivity index (χ4n) is 2.34. The van der Waals surface area contributed by atoms with E-state index >= 15 is 0 Å². The maximum atomic E-state index is 12.5. The lowest BCUT2D eigenvalue weighted by Crippen LogP contribution is -2.58. The Morgan fingerprint density at radius 3 is 2.20 bits per heavy atom. The minimum absolute atomic E-state index is 0.116. The van der Waals surface area contributed by atoms with E-state index in [0.717, 1.165) is 0 Å². The smallest absolute Gasteiger partial charge is 0.412 e. The summed E-state index contributed by atoms with van der Waals surface area (Å²) in [6.07, 6.45) is -0.371. The average molecular weight is 286 g/mol. The van der Waals surface area contributed by atoms with Crippen LogP contribution in [0.4, 0.5) is 4.79 Å². The maximum absolute atomic E-state index is 12.5. The summed E-state index contributed by atoms with van der Waals surface area (Å²) in [6.45, 7) is 15.9. The molecule has 0 aromatic carbocycles. The maximum Gasteiger partial charge on any atom is 0.412 e. The quantitative estimate of drug-likeness (QED) is 0.805. The van der Waals surface area contributed by atoms with Crippen molar-refractivity contribution in [2.24, 2.45) is 11.1 Å². The number of nitrogens with two attached hydrogens (primary N) is 1. The predicted molar refractivity (Wildman–Crippen MR) is 79.3 cm³/mol. The van der Waals surface area contributed by atoms with Crippen molar-refractivity contribution in [2.45, 2.75) is 78.8 Å². The summed E-state index contributed by atoms with van der Waals surface area (Å²) in [5.41, 5.74) is 4.99. The van der Waals surface area contributed by atoms with Gasteiger partial charge in [0.05, 0.1) is 12.6 Å². The molecule has 1 aliphatic heterocycles. The molecule has 0 unspecified atom stereocenters. The van der Waals surface area contributed by atoms with Gasteiger partial charge in [-0.25, -0.2) is 4.79 Å². The van der Waals surface area contributed by atoms with Crippen molar-refractivity contribution >= 4 is 6.09 Å². The van der Waals surface area contributed by atoms with Crippen LogP contribution in [-0.4, -0.2) is 41.0 Å². The molecule has 118 valence electrons. The summed E-state index contributed by atoms with van der Waals surface area (Å²) in [6, 6.07) is -0.364. The first-order valence-corrected chi connectivity index (χ1v) is 7.17. The Labute approximate surface area is 122 Å². The second kappa shape index (κ2) is 5.19. The van der Waals surface area contributed by atoms with Crippen molar-refractivity contribution in [1.82, 2.24) is 4.90 Å². The Bertz CT molecular complexity index is 366. The molecule has 20 heavy (non-hydrogen) atoms. The number of nitrogens with zero attached hydrogens (tertiary/aromatic N) is 1. The SMILES string of the molecule is CC(C)(C)OC(=O)N1[C@@H]([C@@H](N)C(C)(C)C)COC1(C)C. The minimum Gasteiger partial charge on any atom is -0.444 e. The van der Waals surface area contributed by atoms with Crippen LogP contribution in [0.5, 0.6) is 0 Å². The highest BCUT2D eigenvalue weighted by atomic mass is 16.6. The molecule has 0 aromatic heterocycles. The summed E-state index contributed by atoms with van der Waals surface area (Å²) in [4.78, 5) is 14.1. The lowest BCUT2D eigenvalue weighted by atomic mass is 9.82. The van der Waals surface area contributed by atoms with Crippen LogP contribution in [0.3, 0.4) is 0 Å². The molecule has 5 nitrogen and oxygen atoms in total.